The Labute approximate surface area is 131 Å². The molecule has 1 aromatic carbocycles. The Morgan fingerprint density at radius 3 is 2.76 bits per heavy atom. The fourth-order valence-corrected chi connectivity index (χ4v) is 2.43. The number of pyridine rings is 1. The Kier molecular flexibility index (Phi) is 6.18. The number of likely N-dealkylation sites (N-methyl/N-ethyl adjacent to an activating group) is 1. The molecule has 1 unspecified atom stereocenters. The number of benzene rings is 1. The third-order valence-corrected chi connectivity index (χ3v) is 3.81. The van der Waals surface area contributed by atoms with Crippen molar-refractivity contribution in [1.82, 2.24) is 9.88 Å². The van der Waals surface area contributed by atoms with E-state index in [0.717, 1.165) is 42.2 Å². The summed E-state index contributed by atoms with van der Waals surface area (Å²) in [7, 11) is 2.12. The maximum absolute atomic E-state index is 6.22. The maximum Gasteiger partial charge on any atom is 0.0416 e. The van der Waals surface area contributed by atoms with Crippen LogP contribution in [0.1, 0.15) is 23.7 Å². The van der Waals surface area contributed by atoms with Crippen LogP contribution in [0.4, 0.5) is 0 Å². The van der Waals surface area contributed by atoms with E-state index in [0.29, 0.717) is 0 Å². The average molecular weight is 304 g/mol. The number of nitrogens with zero attached hydrogens (tertiary/aromatic N) is 2. The fraction of sp³-hybridized carbons (Fsp3) is 0.353. The van der Waals surface area contributed by atoms with Crippen LogP contribution in [0.3, 0.4) is 0 Å². The smallest absolute Gasteiger partial charge is 0.0416 e. The number of hydrogen-bond acceptors (Lipinski definition) is 3. The van der Waals surface area contributed by atoms with Crippen LogP contribution in [0.25, 0.3) is 0 Å². The van der Waals surface area contributed by atoms with Crippen LogP contribution in [-0.2, 0) is 6.42 Å². The Bertz CT molecular complexity index is 545. The Morgan fingerprint density at radius 1 is 1.19 bits per heavy atom. The third kappa shape index (κ3) is 5.46. The van der Waals surface area contributed by atoms with Crippen molar-refractivity contribution in [1.29, 1.82) is 0 Å². The average Bonchev–Trinajstić information content (AvgIpc) is 2.51. The lowest BCUT2D eigenvalue weighted by atomic mass is 10.0. The SMILES string of the molecule is CN(CCc1ccccn1)CCC(N)c1cccc(Cl)c1. The zero-order valence-electron chi connectivity index (χ0n) is 12.4. The number of halogens is 1. The summed E-state index contributed by atoms with van der Waals surface area (Å²) in [5.41, 5.74) is 8.45. The van der Waals surface area contributed by atoms with E-state index in [9.17, 15) is 0 Å². The molecule has 0 aliphatic carbocycles. The molecule has 0 saturated carbocycles. The molecular formula is C17H22ClN3. The summed E-state index contributed by atoms with van der Waals surface area (Å²) < 4.78 is 0. The lowest BCUT2D eigenvalue weighted by Gasteiger charge is -2.19. The molecule has 1 atom stereocenters. The van der Waals surface area contributed by atoms with Gasteiger partial charge in [0.25, 0.3) is 0 Å². The quantitative estimate of drug-likeness (QED) is 0.853. The third-order valence-electron chi connectivity index (χ3n) is 3.57. The van der Waals surface area contributed by atoms with E-state index < -0.39 is 0 Å². The van der Waals surface area contributed by atoms with Crippen LogP contribution < -0.4 is 5.73 Å². The highest BCUT2D eigenvalue weighted by molar-refractivity contribution is 6.30. The van der Waals surface area contributed by atoms with Gasteiger partial charge in [-0.1, -0.05) is 29.8 Å². The number of nitrogens with two attached hydrogens (primary N) is 1. The first kappa shape index (κ1) is 16.0. The van der Waals surface area contributed by atoms with Gasteiger partial charge in [0.1, 0.15) is 0 Å². The minimum Gasteiger partial charge on any atom is -0.324 e. The molecule has 1 heterocycles. The van der Waals surface area contributed by atoms with E-state index in [1.165, 1.54) is 0 Å². The second-order valence-corrected chi connectivity index (χ2v) is 5.76. The summed E-state index contributed by atoms with van der Waals surface area (Å²) in [6, 6.07) is 13.9. The van der Waals surface area contributed by atoms with Crippen LogP contribution in [0, 0.1) is 0 Å². The van der Waals surface area contributed by atoms with E-state index in [1.54, 1.807) is 0 Å². The number of hydrogen-bond donors (Lipinski definition) is 1. The molecule has 0 bridgehead atoms. The predicted octanol–water partition coefficient (Wildman–Crippen LogP) is 3.30. The number of aromatic nitrogens is 1. The second-order valence-electron chi connectivity index (χ2n) is 5.32. The van der Waals surface area contributed by atoms with E-state index >= 15 is 0 Å². The monoisotopic (exact) mass is 303 g/mol. The summed E-state index contributed by atoms with van der Waals surface area (Å²) in [6.07, 6.45) is 3.72. The van der Waals surface area contributed by atoms with Crippen LogP contribution >= 0.6 is 11.6 Å². The van der Waals surface area contributed by atoms with Gasteiger partial charge >= 0.3 is 0 Å². The van der Waals surface area contributed by atoms with Gasteiger partial charge in [0, 0.05) is 35.9 Å². The van der Waals surface area contributed by atoms with Crippen LogP contribution in [-0.4, -0.2) is 30.0 Å². The molecule has 112 valence electrons. The predicted molar refractivity (Wildman–Crippen MR) is 88.4 cm³/mol. The van der Waals surface area contributed by atoms with Gasteiger partial charge < -0.3 is 10.6 Å². The van der Waals surface area contributed by atoms with Gasteiger partial charge in [-0.05, 0) is 49.8 Å². The molecule has 3 nitrogen and oxygen atoms in total. The van der Waals surface area contributed by atoms with Crippen molar-refractivity contribution in [3.05, 3.63) is 64.9 Å². The van der Waals surface area contributed by atoms with E-state index in [-0.39, 0.29) is 6.04 Å². The van der Waals surface area contributed by atoms with Crippen molar-refractivity contribution in [2.45, 2.75) is 18.9 Å². The zero-order valence-corrected chi connectivity index (χ0v) is 13.1. The Hall–Kier alpha value is -1.42. The largest absolute Gasteiger partial charge is 0.324 e. The topological polar surface area (TPSA) is 42.2 Å². The Morgan fingerprint density at radius 2 is 2.05 bits per heavy atom. The molecule has 2 rings (SSSR count). The lowest BCUT2D eigenvalue weighted by molar-refractivity contribution is 0.321. The molecule has 0 radical (unpaired) electrons. The second kappa shape index (κ2) is 8.13. The fourth-order valence-electron chi connectivity index (χ4n) is 2.23. The highest BCUT2D eigenvalue weighted by atomic mass is 35.5. The first-order valence-corrected chi connectivity index (χ1v) is 7.62. The van der Waals surface area contributed by atoms with Crippen molar-refractivity contribution in [3.63, 3.8) is 0 Å². The maximum atomic E-state index is 6.22. The summed E-state index contributed by atoms with van der Waals surface area (Å²) in [4.78, 5) is 6.63. The lowest BCUT2D eigenvalue weighted by Crippen LogP contribution is -2.26. The molecule has 0 spiro atoms. The molecular weight excluding hydrogens is 282 g/mol. The van der Waals surface area contributed by atoms with Gasteiger partial charge in [-0.3, -0.25) is 4.98 Å². The highest BCUT2D eigenvalue weighted by Crippen LogP contribution is 2.18. The summed E-state index contributed by atoms with van der Waals surface area (Å²) in [5, 5.41) is 0.742. The van der Waals surface area contributed by atoms with Gasteiger partial charge in [-0.2, -0.15) is 0 Å². The molecule has 1 aromatic heterocycles. The van der Waals surface area contributed by atoms with Gasteiger partial charge in [0.15, 0.2) is 0 Å². The number of rotatable bonds is 7. The molecule has 0 saturated heterocycles. The molecule has 0 amide bonds. The zero-order chi connectivity index (χ0) is 15.1. The van der Waals surface area contributed by atoms with E-state index in [2.05, 4.69) is 23.0 Å². The molecule has 21 heavy (non-hydrogen) atoms. The van der Waals surface area contributed by atoms with Gasteiger partial charge in [0.2, 0.25) is 0 Å². The van der Waals surface area contributed by atoms with Crippen molar-refractivity contribution in [2.24, 2.45) is 5.73 Å². The first-order chi connectivity index (χ1) is 10.1. The van der Waals surface area contributed by atoms with Crippen LogP contribution in [0.15, 0.2) is 48.7 Å². The van der Waals surface area contributed by atoms with Gasteiger partial charge in [-0.15, -0.1) is 0 Å². The van der Waals surface area contributed by atoms with E-state index in [1.807, 2.05) is 42.6 Å². The molecule has 4 heteroatoms. The summed E-state index contributed by atoms with van der Waals surface area (Å²) >= 11 is 6.00. The van der Waals surface area contributed by atoms with Crippen molar-refractivity contribution in [3.8, 4) is 0 Å². The first-order valence-electron chi connectivity index (χ1n) is 7.24. The summed E-state index contributed by atoms with van der Waals surface area (Å²) in [5.74, 6) is 0. The van der Waals surface area contributed by atoms with E-state index in [4.69, 9.17) is 17.3 Å². The Balaban J connectivity index is 1.74. The minimum absolute atomic E-state index is 0.0287. The minimum atomic E-state index is 0.0287. The standard InChI is InChI=1S/C17H22ClN3/c1-21(11-8-16-7-2-3-10-20-16)12-9-17(19)14-5-4-6-15(18)13-14/h2-7,10,13,17H,8-9,11-12,19H2,1H3. The van der Waals surface area contributed by atoms with Crippen LogP contribution in [0.5, 0.6) is 0 Å². The molecule has 0 aliphatic heterocycles. The van der Waals surface area contributed by atoms with Gasteiger partial charge in [-0.25, -0.2) is 0 Å². The molecule has 2 N–H and O–H groups in total. The van der Waals surface area contributed by atoms with Crippen molar-refractivity contribution >= 4 is 11.6 Å². The van der Waals surface area contributed by atoms with Gasteiger partial charge in [0.05, 0.1) is 0 Å². The molecule has 2 aromatic rings. The normalized spacial score (nSPS) is 12.6. The molecule has 0 aliphatic rings. The van der Waals surface area contributed by atoms with Crippen molar-refractivity contribution < 1.29 is 0 Å². The van der Waals surface area contributed by atoms with Crippen molar-refractivity contribution in [2.75, 3.05) is 20.1 Å². The van der Waals surface area contributed by atoms with Crippen LogP contribution in [0.2, 0.25) is 5.02 Å². The summed E-state index contributed by atoms with van der Waals surface area (Å²) in [6.45, 7) is 1.94. The highest BCUT2D eigenvalue weighted by Gasteiger charge is 2.08. The molecule has 0 fully saturated rings.